The molecule has 1 aromatic carbocycles. The number of amides is 1. The summed E-state index contributed by atoms with van der Waals surface area (Å²) in [6.07, 6.45) is 4.85. The Bertz CT molecular complexity index is 459. The number of nitrogens with zero attached hydrogens (tertiary/aromatic N) is 2. The highest BCUT2D eigenvalue weighted by atomic mass is 16.1. The van der Waals surface area contributed by atoms with Crippen molar-refractivity contribution in [2.75, 3.05) is 19.8 Å². The van der Waals surface area contributed by atoms with Crippen LogP contribution in [-0.2, 0) is 4.79 Å². The van der Waals surface area contributed by atoms with Crippen LogP contribution in [0.4, 0.5) is 5.69 Å². The first-order valence-electron chi connectivity index (χ1n) is 6.32. The van der Waals surface area contributed by atoms with Crippen molar-refractivity contribution >= 4 is 12.1 Å². The molecule has 0 bridgehead atoms. The number of carbonyl (C=O) groups excluding carboxylic acids is 1. The van der Waals surface area contributed by atoms with Gasteiger partial charge in [0.2, 0.25) is 6.41 Å². The maximum absolute atomic E-state index is 10.9. The largest absolute Gasteiger partial charge is 0.398 e. The molecule has 0 saturated heterocycles. The van der Waals surface area contributed by atoms with Crippen molar-refractivity contribution in [3.05, 3.63) is 41.0 Å². The van der Waals surface area contributed by atoms with Gasteiger partial charge in [-0.15, -0.1) is 0 Å². The third-order valence-electron chi connectivity index (χ3n) is 3.39. The molecule has 0 heterocycles. The first-order chi connectivity index (χ1) is 8.92. The molecule has 0 spiro atoms. The lowest BCUT2D eigenvalue weighted by Gasteiger charge is -2.32. The maximum atomic E-state index is 10.9. The van der Waals surface area contributed by atoms with Crippen LogP contribution in [0.3, 0.4) is 0 Å². The van der Waals surface area contributed by atoms with E-state index in [1.165, 1.54) is 5.01 Å². The number of allylic oxidation sites excluding steroid dienone is 1. The second-order valence-corrected chi connectivity index (χ2v) is 4.79. The molecule has 0 fully saturated rings. The van der Waals surface area contributed by atoms with E-state index in [4.69, 9.17) is 5.73 Å². The summed E-state index contributed by atoms with van der Waals surface area (Å²) in [5.74, 6) is 0. The Balaban J connectivity index is 3.23. The number of benzene rings is 1. The van der Waals surface area contributed by atoms with Crippen molar-refractivity contribution in [1.82, 2.24) is 10.0 Å². The van der Waals surface area contributed by atoms with Crippen molar-refractivity contribution in [2.45, 2.75) is 26.8 Å². The smallest absolute Gasteiger partial charge is 0.223 e. The average molecular weight is 261 g/mol. The van der Waals surface area contributed by atoms with Crippen LogP contribution in [0, 0.1) is 13.8 Å². The normalized spacial score (nSPS) is 12.9. The van der Waals surface area contributed by atoms with Crippen molar-refractivity contribution in [3.8, 4) is 0 Å². The molecule has 104 valence electrons. The van der Waals surface area contributed by atoms with Gasteiger partial charge in [-0.1, -0.05) is 24.3 Å². The summed E-state index contributed by atoms with van der Waals surface area (Å²) < 4.78 is 0. The quantitative estimate of drug-likeness (QED) is 0.383. The highest BCUT2D eigenvalue weighted by molar-refractivity contribution is 5.55. The van der Waals surface area contributed by atoms with Gasteiger partial charge in [-0.2, -0.15) is 0 Å². The molecule has 4 nitrogen and oxygen atoms in total. The molecule has 0 aliphatic heterocycles. The number of hydrogen-bond donors (Lipinski definition) is 1. The summed E-state index contributed by atoms with van der Waals surface area (Å²) in [5, 5.41) is 3.42. The van der Waals surface area contributed by atoms with Crippen molar-refractivity contribution in [1.29, 1.82) is 0 Å². The predicted octanol–water partition coefficient (Wildman–Crippen LogP) is 2.44. The van der Waals surface area contributed by atoms with Gasteiger partial charge >= 0.3 is 0 Å². The number of carbonyl (C=O) groups is 1. The fourth-order valence-electron chi connectivity index (χ4n) is 2.08. The van der Waals surface area contributed by atoms with E-state index in [1.807, 2.05) is 38.9 Å². The molecule has 2 N–H and O–H groups in total. The second kappa shape index (κ2) is 6.38. The van der Waals surface area contributed by atoms with Crippen LogP contribution in [0.25, 0.3) is 0 Å². The molecule has 1 aromatic rings. The maximum Gasteiger partial charge on any atom is 0.223 e. The van der Waals surface area contributed by atoms with Crippen LogP contribution in [0.2, 0.25) is 0 Å². The Morgan fingerprint density at radius 3 is 2.16 bits per heavy atom. The predicted molar refractivity (Wildman–Crippen MR) is 79.5 cm³/mol. The first kappa shape index (κ1) is 15.2. The van der Waals surface area contributed by atoms with Crippen LogP contribution in [-0.4, -0.2) is 30.5 Å². The standard InChI is InChI=1S/C15H23N3O/c1-6-7-14(18(5)17(4)10-19)13-8-11(2)15(16)12(3)9-13/h6-10,14H,16H2,1-5H3. The topological polar surface area (TPSA) is 49.6 Å². The first-order valence-corrected chi connectivity index (χ1v) is 6.32. The minimum absolute atomic E-state index is 0.0122. The molecule has 1 rings (SSSR count). The van der Waals surface area contributed by atoms with Gasteiger partial charge in [0.1, 0.15) is 0 Å². The third kappa shape index (κ3) is 3.35. The summed E-state index contributed by atoms with van der Waals surface area (Å²) >= 11 is 0. The highest BCUT2D eigenvalue weighted by Crippen LogP contribution is 2.27. The Kier molecular flexibility index (Phi) is 5.12. The zero-order valence-corrected chi connectivity index (χ0v) is 12.3. The van der Waals surface area contributed by atoms with Crippen molar-refractivity contribution in [2.24, 2.45) is 0 Å². The molecule has 4 heteroatoms. The Morgan fingerprint density at radius 2 is 1.74 bits per heavy atom. The van der Waals surface area contributed by atoms with Crippen molar-refractivity contribution in [3.63, 3.8) is 0 Å². The SMILES string of the molecule is CC=CC(c1cc(C)c(N)c(C)c1)N(C)N(C)C=O. The van der Waals surface area contributed by atoms with E-state index in [2.05, 4.69) is 18.2 Å². The lowest BCUT2D eigenvalue weighted by Crippen LogP contribution is -2.37. The minimum atomic E-state index is 0.0122. The molecule has 0 aliphatic carbocycles. The summed E-state index contributed by atoms with van der Waals surface area (Å²) in [4.78, 5) is 10.9. The number of rotatable bonds is 5. The molecule has 19 heavy (non-hydrogen) atoms. The van der Waals surface area contributed by atoms with E-state index in [0.29, 0.717) is 0 Å². The zero-order valence-electron chi connectivity index (χ0n) is 12.3. The van der Waals surface area contributed by atoms with Gasteiger partial charge in [-0.3, -0.25) is 9.80 Å². The molecule has 0 saturated carbocycles. The molecule has 1 unspecified atom stereocenters. The average Bonchev–Trinajstić information content (AvgIpc) is 2.39. The van der Waals surface area contributed by atoms with Gasteiger partial charge in [-0.25, -0.2) is 5.01 Å². The highest BCUT2D eigenvalue weighted by Gasteiger charge is 2.18. The Hall–Kier alpha value is -1.81. The van der Waals surface area contributed by atoms with E-state index in [-0.39, 0.29) is 6.04 Å². The number of aryl methyl sites for hydroxylation is 2. The van der Waals surface area contributed by atoms with Crippen LogP contribution >= 0.6 is 0 Å². The Morgan fingerprint density at radius 1 is 1.21 bits per heavy atom. The lowest BCUT2D eigenvalue weighted by molar-refractivity contribution is -0.131. The van der Waals surface area contributed by atoms with Crippen LogP contribution in [0.1, 0.15) is 29.7 Å². The molecular weight excluding hydrogens is 238 g/mol. The minimum Gasteiger partial charge on any atom is -0.398 e. The van der Waals surface area contributed by atoms with Gasteiger partial charge in [-0.05, 0) is 37.5 Å². The zero-order chi connectivity index (χ0) is 14.6. The molecule has 1 amide bonds. The fourth-order valence-corrected chi connectivity index (χ4v) is 2.08. The number of nitrogens with two attached hydrogens (primary N) is 1. The lowest BCUT2D eigenvalue weighted by atomic mass is 9.99. The van der Waals surface area contributed by atoms with Gasteiger partial charge in [0.25, 0.3) is 0 Å². The van der Waals surface area contributed by atoms with Gasteiger partial charge in [0.05, 0.1) is 6.04 Å². The van der Waals surface area contributed by atoms with Crippen LogP contribution < -0.4 is 5.73 Å². The summed E-state index contributed by atoms with van der Waals surface area (Å²) in [6, 6.07) is 4.16. The number of hydrogen-bond acceptors (Lipinski definition) is 3. The summed E-state index contributed by atoms with van der Waals surface area (Å²) in [5.41, 5.74) is 10.1. The number of likely N-dealkylation sites (N-methyl/N-ethyl adjacent to an activating group) is 1. The van der Waals surface area contributed by atoms with Gasteiger partial charge in [0.15, 0.2) is 0 Å². The van der Waals surface area contributed by atoms with E-state index in [9.17, 15) is 4.79 Å². The van der Waals surface area contributed by atoms with E-state index < -0.39 is 0 Å². The molecule has 0 radical (unpaired) electrons. The van der Waals surface area contributed by atoms with E-state index >= 15 is 0 Å². The monoisotopic (exact) mass is 261 g/mol. The molecular formula is C15H23N3O. The molecule has 1 atom stereocenters. The van der Waals surface area contributed by atoms with Crippen LogP contribution in [0.5, 0.6) is 0 Å². The molecule has 0 aromatic heterocycles. The van der Waals surface area contributed by atoms with E-state index in [0.717, 1.165) is 28.8 Å². The van der Waals surface area contributed by atoms with E-state index in [1.54, 1.807) is 7.05 Å². The van der Waals surface area contributed by atoms with Gasteiger partial charge < -0.3 is 5.73 Å². The third-order valence-corrected chi connectivity index (χ3v) is 3.39. The Labute approximate surface area is 115 Å². The van der Waals surface area contributed by atoms with Crippen molar-refractivity contribution < 1.29 is 4.79 Å². The number of anilines is 1. The number of hydrazine groups is 1. The van der Waals surface area contributed by atoms with Gasteiger partial charge in [0, 0.05) is 19.8 Å². The number of nitrogen functional groups attached to an aromatic ring is 1. The fraction of sp³-hybridized carbons (Fsp3) is 0.400. The van der Waals surface area contributed by atoms with Crippen LogP contribution in [0.15, 0.2) is 24.3 Å². The molecule has 0 aliphatic rings. The second-order valence-electron chi connectivity index (χ2n) is 4.79. The summed E-state index contributed by atoms with van der Waals surface area (Å²) in [6.45, 7) is 5.97. The summed E-state index contributed by atoms with van der Waals surface area (Å²) in [7, 11) is 3.63.